The minimum Gasteiger partial charge on any atom is -0.497 e. The van der Waals surface area contributed by atoms with Gasteiger partial charge in [-0.05, 0) is 29.8 Å². The Morgan fingerprint density at radius 3 is 2.21 bits per heavy atom. The molecule has 3 aromatic rings. The first-order chi connectivity index (χ1) is 14.0. The number of benzene rings is 2. The first-order valence-corrected chi connectivity index (χ1v) is 11.4. The summed E-state index contributed by atoms with van der Waals surface area (Å²) < 4.78 is 21.4. The lowest BCUT2D eigenvalue weighted by Crippen LogP contribution is -2.00. The van der Waals surface area contributed by atoms with E-state index >= 15 is 0 Å². The van der Waals surface area contributed by atoms with Crippen molar-refractivity contribution in [3.05, 3.63) is 48.0 Å². The fourth-order valence-corrected chi connectivity index (χ4v) is 3.32. The Morgan fingerprint density at radius 1 is 1.10 bits per heavy atom. The minimum absolute atomic E-state index is 0.634. The highest BCUT2D eigenvalue weighted by molar-refractivity contribution is 7.85. The maximum Gasteiger partial charge on any atom is 0.120 e. The van der Waals surface area contributed by atoms with Crippen molar-refractivity contribution < 1.29 is 8.95 Å². The van der Waals surface area contributed by atoms with Crippen LogP contribution in [0.1, 0.15) is 38.7 Å². The summed E-state index contributed by atoms with van der Waals surface area (Å²) in [6.07, 6.45) is 6.08. The van der Waals surface area contributed by atoms with Crippen LogP contribution >= 0.6 is 0 Å². The van der Waals surface area contributed by atoms with E-state index in [1.807, 2.05) is 67.9 Å². The van der Waals surface area contributed by atoms with E-state index in [-0.39, 0.29) is 0 Å². The largest absolute Gasteiger partial charge is 0.497 e. The molecule has 29 heavy (non-hydrogen) atoms. The number of ether oxygens (including phenoxy) is 1. The summed E-state index contributed by atoms with van der Waals surface area (Å²) in [7, 11) is 2.44. The number of nitrogens with zero attached hydrogens (tertiary/aromatic N) is 2. The molecule has 1 fully saturated rings. The van der Waals surface area contributed by atoms with Gasteiger partial charge in [0.2, 0.25) is 0 Å². The lowest BCUT2D eigenvalue weighted by molar-refractivity contribution is 0.415. The van der Waals surface area contributed by atoms with Gasteiger partial charge in [-0.25, -0.2) is 4.21 Å². The van der Waals surface area contributed by atoms with Crippen LogP contribution in [0.15, 0.2) is 42.5 Å². The van der Waals surface area contributed by atoms with E-state index in [4.69, 9.17) is 4.74 Å². The second-order valence-electron chi connectivity index (χ2n) is 6.47. The van der Waals surface area contributed by atoms with Gasteiger partial charge in [0.25, 0.3) is 0 Å². The number of aromatic nitrogens is 1. The molecule has 2 aromatic carbocycles. The molecule has 0 spiro atoms. The van der Waals surface area contributed by atoms with Crippen LogP contribution in [-0.4, -0.2) is 22.1 Å². The van der Waals surface area contributed by atoms with Gasteiger partial charge in [0.05, 0.1) is 23.9 Å². The molecule has 1 aliphatic rings. The van der Waals surface area contributed by atoms with E-state index in [0.717, 1.165) is 33.6 Å². The quantitative estimate of drug-likeness (QED) is 0.605. The van der Waals surface area contributed by atoms with Crippen LogP contribution < -0.4 is 9.46 Å². The normalized spacial score (nSPS) is 12.6. The number of hydrogen-bond donors (Lipinski definition) is 1. The van der Waals surface area contributed by atoms with Crippen LogP contribution in [0.4, 0.5) is 5.69 Å². The Morgan fingerprint density at radius 2 is 1.72 bits per heavy atom. The standard InChI is InChI=1S/C18H17N3O2S.C3H6.C2H6/c1-21-17-10-14(23-2)8-9-15(17)16(11-19)18(21)12-4-6-13(7-5-12)20-24(3)22;1-2-3-1;1-2/h4-10,20H,1-3H3;1-3H2;1-2H3. The number of anilines is 1. The van der Waals surface area contributed by atoms with Gasteiger partial charge >= 0.3 is 0 Å². The number of nitrogens with one attached hydrogen (secondary N) is 1. The summed E-state index contributed by atoms with van der Waals surface area (Å²) >= 11 is 0. The highest BCUT2D eigenvalue weighted by Crippen LogP contribution is 2.34. The van der Waals surface area contributed by atoms with Crippen LogP contribution in [0.2, 0.25) is 0 Å². The molecule has 1 unspecified atom stereocenters. The summed E-state index contributed by atoms with van der Waals surface area (Å²) in [5.41, 5.74) is 4.13. The first-order valence-electron chi connectivity index (χ1n) is 9.82. The van der Waals surface area contributed by atoms with E-state index in [9.17, 15) is 9.47 Å². The molecule has 1 aromatic heterocycles. The lowest BCUT2D eigenvalue weighted by atomic mass is 10.1. The van der Waals surface area contributed by atoms with Gasteiger partial charge < -0.3 is 14.0 Å². The smallest absolute Gasteiger partial charge is 0.120 e. The van der Waals surface area contributed by atoms with E-state index in [0.29, 0.717) is 5.56 Å². The molecule has 6 heteroatoms. The second kappa shape index (κ2) is 10.7. The molecule has 1 saturated carbocycles. The molecule has 0 saturated heterocycles. The van der Waals surface area contributed by atoms with E-state index in [1.54, 1.807) is 13.4 Å². The predicted molar refractivity (Wildman–Crippen MR) is 123 cm³/mol. The topological polar surface area (TPSA) is 67.0 Å². The monoisotopic (exact) mass is 411 g/mol. The van der Waals surface area contributed by atoms with Crippen LogP contribution in [0.5, 0.6) is 5.75 Å². The summed E-state index contributed by atoms with van der Waals surface area (Å²) in [5.74, 6) is 0.754. The summed E-state index contributed by atoms with van der Waals surface area (Å²) in [6.45, 7) is 4.00. The van der Waals surface area contributed by atoms with Crippen molar-refractivity contribution in [3.8, 4) is 23.1 Å². The van der Waals surface area contributed by atoms with Gasteiger partial charge in [-0.3, -0.25) is 0 Å². The fraction of sp³-hybridized carbons (Fsp3) is 0.348. The van der Waals surface area contributed by atoms with Gasteiger partial charge in [-0.1, -0.05) is 45.2 Å². The molecule has 5 nitrogen and oxygen atoms in total. The maximum atomic E-state index is 11.2. The van der Waals surface area contributed by atoms with Gasteiger partial charge in [-0.2, -0.15) is 5.26 Å². The number of nitriles is 1. The van der Waals surface area contributed by atoms with Crippen molar-refractivity contribution >= 4 is 27.6 Å². The Hall–Kier alpha value is -2.78. The summed E-state index contributed by atoms with van der Waals surface area (Å²) in [6, 6.07) is 15.6. The van der Waals surface area contributed by atoms with Gasteiger partial charge in [0, 0.05) is 30.4 Å². The predicted octanol–water partition coefficient (Wildman–Crippen LogP) is 5.63. The molecule has 0 aliphatic heterocycles. The van der Waals surface area contributed by atoms with Crippen molar-refractivity contribution in [1.29, 1.82) is 5.26 Å². The zero-order valence-corrected chi connectivity index (χ0v) is 18.6. The molecule has 1 N–H and O–H groups in total. The number of aryl methyl sites for hydroxylation is 1. The molecule has 0 radical (unpaired) electrons. The zero-order chi connectivity index (χ0) is 21.4. The van der Waals surface area contributed by atoms with Crippen molar-refractivity contribution in [2.24, 2.45) is 7.05 Å². The average Bonchev–Trinajstić information content (AvgIpc) is 3.60. The van der Waals surface area contributed by atoms with Crippen LogP contribution in [0.25, 0.3) is 22.2 Å². The van der Waals surface area contributed by atoms with Crippen LogP contribution in [0, 0.1) is 11.3 Å². The Balaban J connectivity index is 0.000000535. The molecule has 4 rings (SSSR count). The maximum absolute atomic E-state index is 11.2. The number of hydrogen-bond acceptors (Lipinski definition) is 3. The van der Waals surface area contributed by atoms with Crippen LogP contribution in [-0.2, 0) is 18.0 Å². The Kier molecular flexibility index (Phi) is 8.29. The highest BCUT2D eigenvalue weighted by atomic mass is 32.2. The Bertz CT molecular complexity index is 1010. The van der Waals surface area contributed by atoms with Crippen LogP contribution in [0.3, 0.4) is 0 Å². The Labute approximate surface area is 175 Å². The number of methoxy groups -OCH3 is 1. The third kappa shape index (κ3) is 5.61. The average molecular weight is 412 g/mol. The summed E-state index contributed by atoms with van der Waals surface area (Å²) in [5, 5.41) is 10.5. The minimum atomic E-state index is -1.12. The molecule has 154 valence electrons. The number of rotatable bonds is 4. The highest BCUT2D eigenvalue weighted by Gasteiger charge is 2.17. The van der Waals surface area contributed by atoms with Crippen molar-refractivity contribution in [3.63, 3.8) is 0 Å². The van der Waals surface area contributed by atoms with E-state index < -0.39 is 11.0 Å². The molecule has 0 amide bonds. The van der Waals surface area contributed by atoms with Crippen molar-refractivity contribution in [2.75, 3.05) is 18.1 Å². The van der Waals surface area contributed by atoms with Gasteiger partial charge in [0.15, 0.2) is 0 Å². The molecule has 1 aliphatic carbocycles. The molecule has 1 heterocycles. The second-order valence-corrected chi connectivity index (χ2v) is 7.58. The van der Waals surface area contributed by atoms with Gasteiger partial charge in [-0.15, -0.1) is 0 Å². The SMILES string of the molecule is C1CC1.CC.COc1ccc2c(C#N)c(-c3ccc(NS(C)=O)cc3)n(C)c2c1. The molecular weight excluding hydrogens is 382 g/mol. The first kappa shape index (κ1) is 22.5. The van der Waals surface area contributed by atoms with Crippen molar-refractivity contribution in [1.82, 2.24) is 4.57 Å². The number of fused-ring (bicyclic) bond motifs is 1. The molecular formula is C23H29N3O2S. The molecule has 1 atom stereocenters. The third-order valence-corrected chi connectivity index (χ3v) is 4.82. The third-order valence-electron chi connectivity index (χ3n) is 4.29. The lowest BCUT2D eigenvalue weighted by Gasteiger charge is -2.07. The molecule has 0 bridgehead atoms. The van der Waals surface area contributed by atoms with Crippen molar-refractivity contribution in [2.45, 2.75) is 33.1 Å². The van der Waals surface area contributed by atoms with Gasteiger partial charge in [0.1, 0.15) is 22.8 Å². The summed E-state index contributed by atoms with van der Waals surface area (Å²) in [4.78, 5) is 0. The fourth-order valence-electron chi connectivity index (χ4n) is 2.86. The zero-order valence-electron chi connectivity index (χ0n) is 17.8. The van der Waals surface area contributed by atoms with E-state index in [1.165, 1.54) is 19.3 Å². The van der Waals surface area contributed by atoms with E-state index in [2.05, 4.69) is 10.8 Å².